The molecule has 3 nitrogen and oxygen atoms in total. The average Bonchev–Trinajstić information content (AvgIpc) is 2.11. The number of nitrogens with one attached hydrogen (secondary N) is 1. The van der Waals surface area contributed by atoms with Crippen molar-refractivity contribution in [1.29, 1.82) is 0 Å². The van der Waals surface area contributed by atoms with Crippen LogP contribution in [0.2, 0.25) is 0 Å². The van der Waals surface area contributed by atoms with Crippen LogP contribution in [0.3, 0.4) is 0 Å². The molecular weight excluding hydrogens is 221 g/mol. The van der Waals surface area contributed by atoms with Gasteiger partial charge >= 0.3 is 12.2 Å². The van der Waals surface area contributed by atoms with Crippen LogP contribution in [0.15, 0.2) is 0 Å². The van der Waals surface area contributed by atoms with Crippen molar-refractivity contribution in [2.75, 3.05) is 19.6 Å². The maximum absolute atomic E-state index is 11.9. The van der Waals surface area contributed by atoms with Gasteiger partial charge in [-0.15, -0.1) is 0 Å². The lowest BCUT2D eigenvalue weighted by molar-refractivity contribution is -0.123. The van der Waals surface area contributed by atoms with Crippen LogP contribution in [0.5, 0.6) is 0 Å². The number of amides is 2. The first-order chi connectivity index (χ1) is 7.28. The molecule has 94 valence electrons. The van der Waals surface area contributed by atoms with Crippen molar-refractivity contribution >= 4 is 6.03 Å². The number of hydrogen-bond acceptors (Lipinski definition) is 1. The third kappa shape index (κ3) is 4.28. The van der Waals surface area contributed by atoms with Gasteiger partial charge in [-0.25, -0.2) is 4.79 Å². The Morgan fingerprint density at radius 2 is 1.81 bits per heavy atom. The highest BCUT2D eigenvalue weighted by Crippen LogP contribution is 2.21. The van der Waals surface area contributed by atoms with E-state index >= 15 is 0 Å². The molecule has 1 aliphatic heterocycles. The zero-order valence-electron chi connectivity index (χ0n) is 9.47. The van der Waals surface area contributed by atoms with Crippen molar-refractivity contribution < 1.29 is 18.0 Å². The molecule has 16 heavy (non-hydrogen) atoms. The normalized spacial score (nSPS) is 26.7. The predicted octanol–water partition coefficient (Wildman–Crippen LogP) is 2.24. The summed E-state index contributed by atoms with van der Waals surface area (Å²) in [6.07, 6.45) is -3.33. The SMILES string of the molecule is CC1CC(C)CN(C(=O)NCC(F)(F)F)C1. The molecule has 0 bridgehead atoms. The van der Waals surface area contributed by atoms with E-state index < -0.39 is 18.8 Å². The van der Waals surface area contributed by atoms with Gasteiger partial charge in [0.15, 0.2) is 0 Å². The molecule has 1 fully saturated rings. The van der Waals surface area contributed by atoms with Crippen molar-refractivity contribution in [1.82, 2.24) is 10.2 Å². The number of alkyl halides is 3. The first kappa shape index (κ1) is 13.1. The minimum Gasteiger partial charge on any atom is -0.329 e. The summed E-state index contributed by atoms with van der Waals surface area (Å²) in [6.45, 7) is 3.81. The average molecular weight is 238 g/mol. The van der Waals surface area contributed by atoms with Crippen LogP contribution in [0, 0.1) is 11.8 Å². The van der Waals surface area contributed by atoms with Crippen LogP contribution in [0.25, 0.3) is 0 Å². The molecule has 0 aromatic carbocycles. The molecule has 0 aromatic heterocycles. The van der Waals surface area contributed by atoms with E-state index in [0.29, 0.717) is 24.9 Å². The van der Waals surface area contributed by atoms with Crippen molar-refractivity contribution in [2.24, 2.45) is 11.8 Å². The summed E-state index contributed by atoms with van der Waals surface area (Å²) in [5.41, 5.74) is 0. The third-order valence-electron chi connectivity index (χ3n) is 2.60. The lowest BCUT2D eigenvalue weighted by Gasteiger charge is -2.34. The van der Waals surface area contributed by atoms with E-state index in [1.165, 1.54) is 4.90 Å². The lowest BCUT2D eigenvalue weighted by Crippen LogP contribution is -2.49. The van der Waals surface area contributed by atoms with Crippen molar-refractivity contribution in [2.45, 2.75) is 26.4 Å². The molecule has 0 aliphatic carbocycles. The van der Waals surface area contributed by atoms with Gasteiger partial charge in [-0.05, 0) is 18.3 Å². The third-order valence-corrected chi connectivity index (χ3v) is 2.60. The van der Waals surface area contributed by atoms with Gasteiger partial charge in [0.25, 0.3) is 0 Å². The van der Waals surface area contributed by atoms with Crippen LogP contribution in [-0.4, -0.2) is 36.7 Å². The number of likely N-dealkylation sites (tertiary alicyclic amines) is 1. The molecule has 0 radical (unpaired) electrons. The zero-order chi connectivity index (χ0) is 12.3. The molecular formula is C10H17F3N2O. The van der Waals surface area contributed by atoms with Crippen molar-refractivity contribution in [3.8, 4) is 0 Å². The summed E-state index contributed by atoms with van der Waals surface area (Å²) < 4.78 is 35.7. The number of rotatable bonds is 1. The fourth-order valence-corrected chi connectivity index (χ4v) is 2.12. The number of piperidine rings is 1. The van der Waals surface area contributed by atoms with Gasteiger partial charge in [0.1, 0.15) is 6.54 Å². The summed E-state index contributed by atoms with van der Waals surface area (Å²) in [5.74, 6) is 0.695. The Bertz CT molecular complexity index is 245. The highest BCUT2D eigenvalue weighted by molar-refractivity contribution is 5.74. The summed E-state index contributed by atoms with van der Waals surface area (Å²) >= 11 is 0. The molecule has 2 amide bonds. The molecule has 1 saturated heterocycles. The van der Waals surface area contributed by atoms with E-state index in [1.807, 2.05) is 19.2 Å². The number of hydrogen-bond donors (Lipinski definition) is 1. The molecule has 1 aliphatic rings. The molecule has 1 N–H and O–H groups in total. The van der Waals surface area contributed by atoms with Gasteiger partial charge in [0.05, 0.1) is 0 Å². The van der Waals surface area contributed by atoms with E-state index in [-0.39, 0.29) is 0 Å². The largest absolute Gasteiger partial charge is 0.405 e. The smallest absolute Gasteiger partial charge is 0.329 e. The number of nitrogens with zero attached hydrogens (tertiary/aromatic N) is 1. The van der Waals surface area contributed by atoms with Crippen molar-refractivity contribution in [3.63, 3.8) is 0 Å². The van der Waals surface area contributed by atoms with Gasteiger partial charge < -0.3 is 10.2 Å². The molecule has 0 spiro atoms. The molecule has 0 aromatic rings. The number of urea groups is 1. The Morgan fingerprint density at radius 1 is 1.31 bits per heavy atom. The second-order valence-corrected chi connectivity index (χ2v) is 4.62. The van der Waals surface area contributed by atoms with E-state index in [4.69, 9.17) is 0 Å². The standard InChI is InChI=1S/C10H17F3N2O/c1-7-3-8(2)5-15(4-7)9(16)14-6-10(11,12)13/h7-8H,3-6H2,1-2H3,(H,14,16). The Labute approximate surface area is 93.0 Å². The van der Waals surface area contributed by atoms with E-state index in [2.05, 4.69) is 0 Å². The Hall–Kier alpha value is -0.940. The quantitative estimate of drug-likeness (QED) is 0.746. The first-order valence-corrected chi connectivity index (χ1v) is 5.37. The number of halogens is 3. The number of carbonyl (C=O) groups excluding carboxylic acids is 1. The molecule has 2 atom stereocenters. The van der Waals surface area contributed by atoms with Gasteiger partial charge in [-0.2, -0.15) is 13.2 Å². The second-order valence-electron chi connectivity index (χ2n) is 4.62. The van der Waals surface area contributed by atoms with Crippen LogP contribution in [-0.2, 0) is 0 Å². The lowest BCUT2D eigenvalue weighted by atomic mass is 9.92. The van der Waals surface area contributed by atoms with Gasteiger partial charge in [-0.1, -0.05) is 13.8 Å². The maximum atomic E-state index is 11.9. The number of carbonyl (C=O) groups is 1. The molecule has 1 rings (SSSR count). The Balaban J connectivity index is 2.41. The van der Waals surface area contributed by atoms with Crippen LogP contribution in [0.1, 0.15) is 20.3 Å². The highest BCUT2D eigenvalue weighted by atomic mass is 19.4. The summed E-state index contributed by atoms with van der Waals surface area (Å²) in [7, 11) is 0. The predicted molar refractivity (Wildman–Crippen MR) is 54.0 cm³/mol. The minimum atomic E-state index is -4.34. The van der Waals surface area contributed by atoms with Gasteiger partial charge in [0.2, 0.25) is 0 Å². The van der Waals surface area contributed by atoms with Crippen LogP contribution >= 0.6 is 0 Å². The van der Waals surface area contributed by atoms with Crippen LogP contribution < -0.4 is 5.32 Å². The van der Waals surface area contributed by atoms with E-state index in [0.717, 1.165) is 6.42 Å². The fraction of sp³-hybridized carbons (Fsp3) is 0.900. The van der Waals surface area contributed by atoms with Crippen molar-refractivity contribution in [3.05, 3.63) is 0 Å². The summed E-state index contributed by atoms with van der Waals surface area (Å²) in [4.78, 5) is 12.9. The zero-order valence-corrected chi connectivity index (χ0v) is 9.47. The monoisotopic (exact) mass is 238 g/mol. The fourth-order valence-electron chi connectivity index (χ4n) is 2.12. The molecule has 1 heterocycles. The van der Waals surface area contributed by atoms with E-state index in [9.17, 15) is 18.0 Å². The minimum absolute atomic E-state index is 0.348. The Morgan fingerprint density at radius 3 is 2.25 bits per heavy atom. The highest BCUT2D eigenvalue weighted by Gasteiger charge is 2.30. The first-order valence-electron chi connectivity index (χ1n) is 5.37. The molecule has 2 unspecified atom stereocenters. The topological polar surface area (TPSA) is 32.3 Å². The summed E-state index contributed by atoms with van der Waals surface area (Å²) in [5, 5.41) is 1.90. The Kier molecular flexibility index (Phi) is 4.04. The van der Waals surface area contributed by atoms with Gasteiger partial charge in [0, 0.05) is 13.1 Å². The molecule has 0 saturated carbocycles. The maximum Gasteiger partial charge on any atom is 0.405 e. The van der Waals surface area contributed by atoms with Gasteiger partial charge in [-0.3, -0.25) is 0 Å². The summed E-state index contributed by atoms with van der Waals surface area (Å²) in [6, 6.07) is -0.615. The molecule has 6 heteroatoms. The second kappa shape index (κ2) is 4.93. The van der Waals surface area contributed by atoms with E-state index in [1.54, 1.807) is 0 Å². The van der Waals surface area contributed by atoms with Crippen LogP contribution in [0.4, 0.5) is 18.0 Å².